The van der Waals surface area contributed by atoms with Gasteiger partial charge in [-0.2, -0.15) is 0 Å². The zero-order valence-electron chi connectivity index (χ0n) is 18.6. The Bertz CT molecular complexity index is 1080. The van der Waals surface area contributed by atoms with Crippen molar-refractivity contribution in [3.8, 4) is 0 Å². The first-order valence-electron chi connectivity index (χ1n) is 11.0. The molecule has 2 heterocycles. The summed E-state index contributed by atoms with van der Waals surface area (Å²) in [4.78, 5) is 31.8. The number of amides is 2. The minimum absolute atomic E-state index is 0.0384. The van der Waals surface area contributed by atoms with Crippen LogP contribution in [-0.2, 0) is 16.0 Å². The molecule has 1 aliphatic heterocycles. The molecular formula is C26H27BrN2O3S. The second-order valence-electron chi connectivity index (χ2n) is 8.03. The van der Waals surface area contributed by atoms with E-state index in [-0.39, 0.29) is 24.4 Å². The summed E-state index contributed by atoms with van der Waals surface area (Å²) in [6, 6.07) is 19.4. The Morgan fingerprint density at radius 2 is 1.88 bits per heavy atom. The van der Waals surface area contributed by atoms with E-state index in [0.29, 0.717) is 31.7 Å². The second kappa shape index (κ2) is 11.1. The van der Waals surface area contributed by atoms with Crippen molar-refractivity contribution in [2.75, 3.05) is 33.4 Å². The van der Waals surface area contributed by atoms with E-state index in [1.54, 1.807) is 35.5 Å². The maximum atomic E-state index is 13.6. The van der Waals surface area contributed by atoms with Crippen LogP contribution in [0.1, 0.15) is 38.8 Å². The van der Waals surface area contributed by atoms with Gasteiger partial charge in [0.1, 0.15) is 6.54 Å². The molecule has 1 aromatic heterocycles. The van der Waals surface area contributed by atoms with Gasteiger partial charge in [0, 0.05) is 41.7 Å². The van der Waals surface area contributed by atoms with Crippen LogP contribution in [0.4, 0.5) is 0 Å². The standard InChI is InChI=1S/C26H27BrN2O3S/c1-32-16-5-14-28(26(31)20-8-10-21(27)11-9-20)18-24(30)29-15-12-23-22(13-17-33-23)25(29)19-6-3-2-4-7-19/h2-4,6-11,13,17,25H,5,12,14-16,18H2,1H3. The van der Waals surface area contributed by atoms with Gasteiger partial charge in [-0.05, 0) is 59.7 Å². The third-order valence-electron chi connectivity index (χ3n) is 5.88. The monoisotopic (exact) mass is 526 g/mol. The van der Waals surface area contributed by atoms with Crippen LogP contribution in [0, 0.1) is 0 Å². The number of methoxy groups -OCH3 is 1. The van der Waals surface area contributed by atoms with Crippen LogP contribution in [0.2, 0.25) is 0 Å². The smallest absolute Gasteiger partial charge is 0.254 e. The molecule has 5 nitrogen and oxygen atoms in total. The van der Waals surface area contributed by atoms with E-state index >= 15 is 0 Å². The zero-order valence-corrected chi connectivity index (χ0v) is 21.0. The van der Waals surface area contributed by atoms with Gasteiger partial charge in [-0.1, -0.05) is 46.3 Å². The highest BCUT2D eigenvalue weighted by atomic mass is 79.9. The molecule has 33 heavy (non-hydrogen) atoms. The van der Waals surface area contributed by atoms with Crippen molar-refractivity contribution in [3.05, 3.63) is 92.1 Å². The van der Waals surface area contributed by atoms with Gasteiger partial charge < -0.3 is 14.5 Å². The molecule has 3 aromatic rings. The average molecular weight is 527 g/mol. The fraction of sp³-hybridized carbons (Fsp3) is 0.308. The van der Waals surface area contributed by atoms with Crippen molar-refractivity contribution in [1.82, 2.24) is 9.80 Å². The van der Waals surface area contributed by atoms with E-state index in [2.05, 4.69) is 39.5 Å². The highest BCUT2D eigenvalue weighted by Gasteiger charge is 2.34. The predicted octanol–water partition coefficient (Wildman–Crippen LogP) is 5.16. The summed E-state index contributed by atoms with van der Waals surface area (Å²) in [6.07, 6.45) is 1.51. The Morgan fingerprint density at radius 3 is 2.61 bits per heavy atom. The third kappa shape index (κ3) is 5.54. The van der Waals surface area contributed by atoms with Gasteiger partial charge >= 0.3 is 0 Å². The number of thiophene rings is 1. The van der Waals surface area contributed by atoms with E-state index in [0.717, 1.165) is 16.5 Å². The molecule has 1 atom stereocenters. The van der Waals surface area contributed by atoms with Crippen LogP contribution in [-0.4, -0.2) is 55.0 Å². The number of fused-ring (bicyclic) bond motifs is 1. The topological polar surface area (TPSA) is 49.9 Å². The van der Waals surface area contributed by atoms with Gasteiger partial charge in [0.2, 0.25) is 5.91 Å². The number of carbonyl (C=O) groups excluding carboxylic acids is 2. The Morgan fingerprint density at radius 1 is 1.12 bits per heavy atom. The number of benzene rings is 2. The van der Waals surface area contributed by atoms with Crippen LogP contribution >= 0.6 is 27.3 Å². The molecule has 0 bridgehead atoms. The van der Waals surface area contributed by atoms with Crippen molar-refractivity contribution in [2.24, 2.45) is 0 Å². The Labute approximate surface area is 207 Å². The predicted molar refractivity (Wildman–Crippen MR) is 135 cm³/mol. The van der Waals surface area contributed by atoms with E-state index in [1.165, 1.54) is 10.4 Å². The highest BCUT2D eigenvalue weighted by molar-refractivity contribution is 9.10. The zero-order chi connectivity index (χ0) is 23.2. The molecule has 0 aliphatic carbocycles. The molecular weight excluding hydrogens is 500 g/mol. The first kappa shape index (κ1) is 23.7. The minimum Gasteiger partial charge on any atom is -0.385 e. The molecule has 172 valence electrons. The van der Waals surface area contributed by atoms with E-state index < -0.39 is 0 Å². The van der Waals surface area contributed by atoms with Gasteiger partial charge in [0.05, 0.1) is 6.04 Å². The van der Waals surface area contributed by atoms with E-state index in [9.17, 15) is 9.59 Å². The van der Waals surface area contributed by atoms with E-state index in [4.69, 9.17) is 4.74 Å². The molecule has 7 heteroatoms. The van der Waals surface area contributed by atoms with Crippen molar-refractivity contribution >= 4 is 39.1 Å². The maximum Gasteiger partial charge on any atom is 0.254 e. The molecule has 2 aromatic carbocycles. The average Bonchev–Trinajstić information content (AvgIpc) is 3.32. The fourth-order valence-corrected chi connectivity index (χ4v) is 5.43. The van der Waals surface area contributed by atoms with Gasteiger partial charge in [-0.15, -0.1) is 11.3 Å². The fourth-order valence-electron chi connectivity index (χ4n) is 4.26. The highest BCUT2D eigenvalue weighted by Crippen LogP contribution is 2.37. The molecule has 0 N–H and O–H groups in total. The van der Waals surface area contributed by atoms with Crippen molar-refractivity contribution in [3.63, 3.8) is 0 Å². The number of nitrogens with zero attached hydrogens (tertiary/aromatic N) is 2. The number of carbonyl (C=O) groups is 2. The number of rotatable bonds is 8. The maximum absolute atomic E-state index is 13.6. The molecule has 0 saturated carbocycles. The first-order chi connectivity index (χ1) is 16.1. The Kier molecular flexibility index (Phi) is 7.96. The van der Waals surface area contributed by atoms with Crippen LogP contribution in [0.25, 0.3) is 0 Å². The van der Waals surface area contributed by atoms with Crippen LogP contribution in [0.5, 0.6) is 0 Å². The summed E-state index contributed by atoms with van der Waals surface area (Å²) in [5.74, 6) is -0.181. The summed E-state index contributed by atoms with van der Waals surface area (Å²) in [6.45, 7) is 1.68. The largest absolute Gasteiger partial charge is 0.385 e. The molecule has 1 aliphatic rings. The van der Waals surface area contributed by atoms with Crippen LogP contribution in [0.15, 0.2) is 70.5 Å². The molecule has 4 rings (SSSR count). The van der Waals surface area contributed by atoms with Gasteiger partial charge in [-0.3, -0.25) is 9.59 Å². The lowest BCUT2D eigenvalue weighted by molar-refractivity contribution is -0.134. The lowest BCUT2D eigenvalue weighted by atomic mass is 9.93. The molecule has 0 spiro atoms. The lowest BCUT2D eigenvalue weighted by Crippen LogP contribution is -2.47. The van der Waals surface area contributed by atoms with Gasteiger partial charge in [0.25, 0.3) is 5.91 Å². The number of hydrogen-bond acceptors (Lipinski definition) is 4. The molecule has 0 radical (unpaired) electrons. The quantitative estimate of drug-likeness (QED) is 0.380. The number of ether oxygens (including phenoxy) is 1. The van der Waals surface area contributed by atoms with Gasteiger partial charge in [-0.25, -0.2) is 0 Å². The Balaban J connectivity index is 1.58. The van der Waals surface area contributed by atoms with Crippen molar-refractivity contribution in [1.29, 1.82) is 0 Å². The third-order valence-corrected chi connectivity index (χ3v) is 7.41. The molecule has 2 amide bonds. The summed E-state index contributed by atoms with van der Waals surface area (Å²) >= 11 is 5.16. The first-order valence-corrected chi connectivity index (χ1v) is 12.7. The number of hydrogen-bond donors (Lipinski definition) is 0. The second-order valence-corrected chi connectivity index (χ2v) is 9.95. The van der Waals surface area contributed by atoms with Crippen molar-refractivity contribution < 1.29 is 14.3 Å². The molecule has 0 saturated heterocycles. The summed E-state index contributed by atoms with van der Waals surface area (Å²) in [7, 11) is 1.64. The normalized spacial score (nSPS) is 15.2. The van der Waals surface area contributed by atoms with Gasteiger partial charge in [0.15, 0.2) is 0 Å². The van der Waals surface area contributed by atoms with E-state index in [1.807, 2.05) is 35.2 Å². The SMILES string of the molecule is COCCCN(CC(=O)N1CCc2sccc2C1c1ccccc1)C(=O)c1ccc(Br)cc1. The van der Waals surface area contributed by atoms with Crippen molar-refractivity contribution in [2.45, 2.75) is 18.9 Å². The molecule has 1 unspecified atom stereocenters. The minimum atomic E-state index is -0.142. The van der Waals surface area contributed by atoms with Crippen LogP contribution in [0.3, 0.4) is 0 Å². The lowest BCUT2D eigenvalue weighted by Gasteiger charge is -2.37. The van der Waals surface area contributed by atoms with Crippen LogP contribution < -0.4 is 0 Å². The summed E-state index contributed by atoms with van der Waals surface area (Å²) < 4.78 is 6.09. The summed E-state index contributed by atoms with van der Waals surface area (Å²) in [5.41, 5.74) is 2.85. The number of halogens is 1. The molecule has 0 fully saturated rings. The Hall–Kier alpha value is -2.48. The summed E-state index contributed by atoms with van der Waals surface area (Å²) in [5, 5.41) is 2.10.